The largest absolute Gasteiger partial charge is 0.493 e. The third kappa shape index (κ3) is 8.41. The molecule has 0 aromatic heterocycles. The zero-order chi connectivity index (χ0) is 34.8. The molecule has 1 aliphatic carbocycles. The van der Waals surface area contributed by atoms with Gasteiger partial charge in [0, 0.05) is 18.9 Å². The number of rotatable bonds is 14. The second kappa shape index (κ2) is 16.9. The van der Waals surface area contributed by atoms with E-state index in [9.17, 15) is 19.2 Å². The number of nitrogens with one attached hydrogen (secondary N) is 3. The zero-order valence-corrected chi connectivity index (χ0v) is 29.0. The van der Waals surface area contributed by atoms with Gasteiger partial charge >= 0.3 is 5.97 Å². The molecule has 3 atom stereocenters. The van der Waals surface area contributed by atoms with Crippen molar-refractivity contribution in [3.05, 3.63) is 81.5 Å². The topological polar surface area (TPSA) is 141 Å². The summed E-state index contributed by atoms with van der Waals surface area (Å²) in [4.78, 5) is 52.7. The van der Waals surface area contributed by atoms with Crippen molar-refractivity contribution < 1.29 is 33.3 Å². The summed E-state index contributed by atoms with van der Waals surface area (Å²) in [5.41, 5.74) is 3.57. The van der Waals surface area contributed by atoms with Crippen LogP contribution in [0, 0.1) is 0 Å². The van der Waals surface area contributed by atoms with E-state index in [0.29, 0.717) is 53.4 Å². The van der Waals surface area contributed by atoms with Crippen molar-refractivity contribution in [1.82, 2.24) is 10.6 Å². The molecule has 3 aromatic rings. The molecule has 12 heteroatoms. The summed E-state index contributed by atoms with van der Waals surface area (Å²) in [7, 11) is 5.89. The van der Waals surface area contributed by atoms with E-state index in [0.717, 1.165) is 16.7 Å². The van der Waals surface area contributed by atoms with Crippen molar-refractivity contribution >= 4 is 35.2 Å². The van der Waals surface area contributed by atoms with Crippen molar-refractivity contribution in [2.24, 2.45) is 0 Å². The van der Waals surface area contributed by atoms with Gasteiger partial charge in [0.1, 0.15) is 12.1 Å². The Labute approximate surface area is 285 Å². The van der Waals surface area contributed by atoms with Gasteiger partial charge < -0.3 is 34.9 Å². The van der Waals surface area contributed by atoms with Gasteiger partial charge in [0.2, 0.25) is 23.0 Å². The van der Waals surface area contributed by atoms with Crippen LogP contribution in [0.3, 0.4) is 0 Å². The van der Waals surface area contributed by atoms with E-state index in [4.69, 9.17) is 18.9 Å². The summed E-state index contributed by atoms with van der Waals surface area (Å²) in [6.45, 7) is 1.44. The van der Waals surface area contributed by atoms with Crippen LogP contribution in [-0.2, 0) is 32.0 Å². The first kappa shape index (κ1) is 36.1. The van der Waals surface area contributed by atoms with Gasteiger partial charge in [-0.25, -0.2) is 4.79 Å². The standard InChI is InChI=1S/C36H43N3O8S/c1-21(40)37-26-14-12-23-19-31(44-2)33(45-3)34(46-4)32(23)24-13-15-27(30(41)20-25(24)26)38-28(16-17-48-6)35(42)39-29(36(43)47-5)18-22-10-8-7-9-11-22/h7-11,13,15,19-20,26,28-29H,12,14,16-18H2,1-6H3,(H,37,40)(H,38,41)(H,39,42)/t26-,28-,29-/m0/s1. The van der Waals surface area contributed by atoms with Crippen molar-refractivity contribution in [1.29, 1.82) is 0 Å². The molecule has 48 heavy (non-hydrogen) atoms. The van der Waals surface area contributed by atoms with Gasteiger partial charge in [-0.3, -0.25) is 14.4 Å². The van der Waals surface area contributed by atoms with Gasteiger partial charge in [-0.2, -0.15) is 11.8 Å². The lowest BCUT2D eigenvalue weighted by Crippen LogP contribution is -2.49. The number of benzene rings is 2. The molecule has 0 aliphatic heterocycles. The molecule has 0 saturated heterocycles. The molecule has 0 fully saturated rings. The Balaban J connectivity index is 1.78. The average molecular weight is 678 g/mol. The number of aryl methyl sites for hydroxylation is 1. The molecule has 11 nitrogen and oxygen atoms in total. The lowest BCUT2D eigenvalue weighted by atomic mass is 9.95. The highest BCUT2D eigenvalue weighted by Crippen LogP contribution is 2.50. The molecule has 0 heterocycles. The third-order valence-electron chi connectivity index (χ3n) is 8.26. The Morgan fingerprint density at radius 1 is 0.938 bits per heavy atom. The molecule has 0 radical (unpaired) electrons. The Hall–Kier alpha value is -4.71. The summed E-state index contributed by atoms with van der Waals surface area (Å²) in [6, 6.07) is 13.9. The summed E-state index contributed by atoms with van der Waals surface area (Å²) >= 11 is 1.56. The smallest absolute Gasteiger partial charge is 0.328 e. The van der Waals surface area contributed by atoms with Gasteiger partial charge in [-0.15, -0.1) is 0 Å². The molecule has 0 saturated carbocycles. The first-order chi connectivity index (χ1) is 23.1. The van der Waals surface area contributed by atoms with Crippen molar-refractivity contribution in [3.63, 3.8) is 0 Å². The van der Waals surface area contributed by atoms with Crippen LogP contribution in [0.4, 0.5) is 5.69 Å². The molecule has 3 N–H and O–H groups in total. The maximum atomic E-state index is 13.9. The predicted molar refractivity (Wildman–Crippen MR) is 187 cm³/mol. The number of carbonyl (C=O) groups excluding carboxylic acids is 3. The molecule has 3 aromatic carbocycles. The fourth-order valence-electron chi connectivity index (χ4n) is 5.98. The highest BCUT2D eigenvalue weighted by Gasteiger charge is 2.31. The van der Waals surface area contributed by atoms with E-state index in [1.807, 2.05) is 42.7 Å². The van der Waals surface area contributed by atoms with Crippen LogP contribution < -0.4 is 35.6 Å². The minimum atomic E-state index is -0.924. The predicted octanol–water partition coefficient (Wildman–Crippen LogP) is 4.30. The Morgan fingerprint density at radius 2 is 1.67 bits per heavy atom. The van der Waals surface area contributed by atoms with Gasteiger partial charge in [-0.05, 0) is 71.7 Å². The van der Waals surface area contributed by atoms with Crippen LogP contribution in [0.5, 0.6) is 17.2 Å². The number of carbonyl (C=O) groups is 3. The Morgan fingerprint density at radius 3 is 2.29 bits per heavy atom. The minimum Gasteiger partial charge on any atom is -0.493 e. The SMILES string of the molecule is COC(=O)[C@H](Cc1ccccc1)NC(=O)[C@H](CCSC)Nc1ccc2c(cc1=O)[C@@H](NC(C)=O)CCc1cc(OC)c(OC)c(OC)c1-2. The van der Waals surface area contributed by atoms with Crippen LogP contribution >= 0.6 is 11.8 Å². The van der Waals surface area contributed by atoms with Crippen LogP contribution in [0.25, 0.3) is 11.1 Å². The molecule has 0 bridgehead atoms. The van der Waals surface area contributed by atoms with Crippen molar-refractivity contribution in [2.75, 3.05) is 45.8 Å². The summed E-state index contributed by atoms with van der Waals surface area (Å²) in [5, 5.41) is 9.00. The maximum absolute atomic E-state index is 13.9. The number of fused-ring (bicyclic) bond motifs is 3. The quantitative estimate of drug-likeness (QED) is 0.212. The number of hydrogen-bond donors (Lipinski definition) is 3. The van der Waals surface area contributed by atoms with Crippen LogP contribution in [0.2, 0.25) is 0 Å². The maximum Gasteiger partial charge on any atom is 0.328 e. The molecule has 0 spiro atoms. The summed E-state index contributed by atoms with van der Waals surface area (Å²) in [6.07, 6.45) is 3.63. The highest BCUT2D eigenvalue weighted by molar-refractivity contribution is 7.98. The molecular formula is C36H43N3O8S. The Bertz CT molecular complexity index is 1680. The van der Waals surface area contributed by atoms with E-state index < -0.39 is 30.0 Å². The molecule has 0 unspecified atom stereocenters. The van der Waals surface area contributed by atoms with Crippen LogP contribution in [0.1, 0.15) is 42.5 Å². The first-order valence-corrected chi connectivity index (χ1v) is 17.0. The van der Waals surface area contributed by atoms with E-state index in [2.05, 4.69) is 16.0 Å². The minimum absolute atomic E-state index is 0.185. The van der Waals surface area contributed by atoms with Crippen molar-refractivity contribution in [2.45, 2.75) is 50.7 Å². The monoisotopic (exact) mass is 677 g/mol. The molecule has 2 amide bonds. The number of hydrogen-bond acceptors (Lipinski definition) is 10. The molecule has 4 rings (SSSR count). The Kier molecular flexibility index (Phi) is 12.7. The number of thioether (sulfide) groups is 1. The molecule has 1 aliphatic rings. The summed E-state index contributed by atoms with van der Waals surface area (Å²) < 4.78 is 22.1. The van der Waals surface area contributed by atoms with Gasteiger partial charge in [0.25, 0.3) is 0 Å². The van der Waals surface area contributed by atoms with E-state index in [-0.39, 0.29) is 23.4 Å². The second-order valence-corrected chi connectivity index (χ2v) is 12.3. The number of ether oxygens (including phenoxy) is 4. The lowest BCUT2D eigenvalue weighted by Gasteiger charge is -2.22. The average Bonchev–Trinajstić information content (AvgIpc) is 3.33. The van der Waals surface area contributed by atoms with Crippen molar-refractivity contribution in [3.8, 4) is 28.4 Å². The second-order valence-electron chi connectivity index (χ2n) is 11.3. The van der Waals surface area contributed by atoms with Crippen LogP contribution in [-0.4, -0.2) is 70.3 Å². The van der Waals surface area contributed by atoms with E-state index >= 15 is 0 Å². The normalized spacial score (nSPS) is 14.6. The summed E-state index contributed by atoms with van der Waals surface area (Å²) in [5.74, 6) is 0.712. The highest BCUT2D eigenvalue weighted by atomic mass is 32.2. The zero-order valence-electron chi connectivity index (χ0n) is 28.1. The fraction of sp³-hybridized carbons (Fsp3) is 0.389. The van der Waals surface area contributed by atoms with Crippen LogP contribution in [0.15, 0.2) is 59.4 Å². The number of methoxy groups -OCH3 is 4. The van der Waals surface area contributed by atoms with Gasteiger partial charge in [-0.1, -0.05) is 36.4 Å². The number of anilines is 1. The molecule has 256 valence electrons. The van der Waals surface area contributed by atoms with Gasteiger partial charge in [0.05, 0.1) is 40.2 Å². The fourth-order valence-corrected chi connectivity index (χ4v) is 6.45. The third-order valence-corrected chi connectivity index (χ3v) is 8.90. The van der Waals surface area contributed by atoms with E-state index in [1.54, 1.807) is 31.0 Å². The first-order valence-electron chi connectivity index (χ1n) is 15.6. The van der Waals surface area contributed by atoms with E-state index in [1.165, 1.54) is 34.3 Å². The molecular weight excluding hydrogens is 634 g/mol. The van der Waals surface area contributed by atoms with Gasteiger partial charge in [0.15, 0.2) is 11.5 Å². The number of esters is 1. The lowest BCUT2D eigenvalue weighted by molar-refractivity contribution is -0.145. The number of amides is 2.